The maximum Gasteiger partial charge on any atom is 0.417 e. The third-order valence-corrected chi connectivity index (χ3v) is 2.68. The molecule has 1 aromatic carbocycles. The summed E-state index contributed by atoms with van der Waals surface area (Å²) in [4.78, 5) is 11.6. The lowest BCUT2D eigenvalue weighted by molar-refractivity contribution is -0.137. The highest BCUT2D eigenvalue weighted by atomic mass is 35.5. The molecule has 0 N–H and O–H groups in total. The summed E-state index contributed by atoms with van der Waals surface area (Å²) in [6.07, 6.45) is -2.78. The lowest BCUT2D eigenvalue weighted by Crippen LogP contribution is -2.08. The molecule has 0 saturated carbocycles. The molecule has 0 aliphatic carbocycles. The molecule has 0 saturated heterocycles. The molecule has 1 rings (SSSR count). The Bertz CT molecular complexity index is 413. The van der Waals surface area contributed by atoms with Gasteiger partial charge in [0.25, 0.3) is 0 Å². The van der Waals surface area contributed by atoms with Crippen molar-refractivity contribution < 1.29 is 18.0 Å². The molecule has 0 aliphatic heterocycles. The van der Waals surface area contributed by atoms with Gasteiger partial charge in [-0.1, -0.05) is 24.9 Å². The number of benzene rings is 1. The summed E-state index contributed by atoms with van der Waals surface area (Å²) >= 11 is 5.46. The predicted molar refractivity (Wildman–Crippen MR) is 60.3 cm³/mol. The first kappa shape index (κ1) is 14.0. The SMILES string of the molecule is CCCCC(=O)c1ccc(Cl)c(C(F)(F)F)c1. The van der Waals surface area contributed by atoms with Crippen LogP contribution < -0.4 is 0 Å². The monoisotopic (exact) mass is 264 g/mol. The highest BCUT2D eigenvalue weighted by Crippen LogP contribution is 2.35. The second kappa shape index (κ2) is 5.54. The second-order valence-corrected chi connectivity index (χ2v) is 4.13. The first-order chi connectivity index (χ1) is 7.86. The molecule has 0 aromatic heterocycles. The van der Waals surface area contributed by atoms with Gasteiger partial charge < -0.3 is 0 Å². The van der Waals surface area contributed by atoms with Gasteiger partial charge in [-0.3, -0.25) is 4.79 Å². The zero-order valence-electron chi connectivity index (χ0n) is 9.27. The predicted octanol–water partition coefficient (Wildman–Crippen LogP) is 4.73. The minimum Gasteiger partial charge on any atom is -0.294 e. The molecule has 0 radical (unpaired) electrons. The van der Waals surface area contributed by atoms with E-state index in [1.54, 1.807) is 0 Å². The van der Waals surface area contributed by atoms with Crippen LogP contribution in [0.5, 0.6) is 0 Å². The van der Waals surface area contributed by atoms with Crippen molar-refractivity contribution in [3.63, 3.8) is 0 Å². The average Bonchev–Trinajstić information content (AvgIpc) is 2.25. The molecule has 0 bridgehead atoms. The molecule has 1 nitrogen and oxygen atoms in total. The minimum absolute atomic E-state index is 0.0650. The van der Waals surface area contributed by atoms with Crippen LogP contribution in [0.3, 0.4) is 0 Å². The van der Waals surface area contributed by atoms with Gasteiger partial charge in [-0.2, -0.15) is 13.2 Å². The molecule has 0 heterocycles. The summed E-state index contributed by atoms with van der Waals surface area (Å²) in [6.45, 7) is 1.91. The number of hydrogen-bond donors (Lipinski definition) is 0. The molecular weight excluding hydrogens is 253 g/mol. The molecular formula is C12H12ClF3O. The molecule has 0 aliphatic rings. The smallest absolute Gasteiger partial charge is 0.294 e. The minimum atomic E-state index is -4.53. The largest absolute Gasteiger partial charge is 0.417 e. The van der Waals surface area contributed by atoms with E-state index in [-0.39, 0.29) is 22.8 Å². The summed E-state index contributed by atoms with van der Waals surface area (Å²) in [6, 6.07) is 3.26. The first-order valence-corrected chi connectivity index (χ1v) is 5.64. The molecule has 5 heteroatoms. The van der Waals surface area contributed by atoms with Gasteiger partial charge in [0.15, 0.2) is 5.78 Å². The Morgan fingerprint density at radius 1 is 1.35 bits per heavy atom. The van der Waals surface area contributed by atoms with Crippen molar-refractivity contribution >= 4 is 17.4 Å². The maximum absolute atomic E-state index is 12.5. The summed E-state index contributed by atoms with van der Waals surface area (Å²) in [7, 11) is 0. The number of Topliss-reactive ketones (excluding diaryl/α,β-unsaturated/α-hetero) is 1. The van der Waals surface area contributed by atoms with Gasteiger partial charge in [-0.25, -0.2) is 0 Å². The molecule has 1 aromatic rings. The third kappa shape index (κ3) is 3.73. The number of carbonyl (C=O) groups is 1. The quantitative estimate of drug-likeness (QED) is 0.719. The van der Waals surface area contributed by atoms with E-state index in [1.807, 2.05) is 6.92 Å². The van der Waals surface area contributed by atoms with Gasteiger partial charge in [-0.15, -0.1) is 0 Å². The van der Waals surface area contributed by atoms with Gasteiger partial charge >= 0.3 is 6.18 Å². The Morgan fingerprint density at radius 2 is 2.00 bits per heavy atom. The Morgan fingerprint density at radius 3 is 2.53 bits per heavy atom. The van der Waals surface area contributed by atoms with Crippen LogP contribution in [0.25, 0.3) is 0 Å². The fourth-order valence-electron chi connectivity index (χ4n) is 1.40. The van der Waals surface area contributed by atoms with Crippen molar-refractivity contribution in [2.24, 2.45) is 0 Å². The van der Waals surface area contributed by atoms with Crippen molar-refractivity contribution in [2.75, 3.05) is 0 Å². The normalized spacial score (nSPS) is 11.6. The summed E-state index contributed by atoms with van der Waals surface area (Å²) in [5.74, 6) is -0.283. The molecule has 0 spiro atoms. The molecule has 0 atom stereocenters. The Balaban J connectivity index is 3.00. The highest BCUT2D eigenvalue weighted by Gasteiger charge is 2.33. The zero-order chi connectivity index (χ0) is 13.1. The van der Waals surface area contributed by atoms with Crippen LogP contribution in [0.4, 0.5) is 13.2 Å². The number of carbonyl (C=O) groups excluding carboxylic acids is 1. The van der Waals surface area contributed by atoms with Crippen LogP contribution in [0, 0.1) is 0 Å². The fraction of sp³-hybridized carbons (Fsp3) is 0.417. The first-order valence-electron chi connectivity index (χ1n) is 5.26. The van der Waals surface area contributed by atoms with Crippen molar-refractivity contribution in [2.45, 2.75) is 32.4 Å². The van der Waals surface area contributed by atoms with Crippen molar-refractivity contribution in [1.82, 2.24) is 0 Å². The van der Waals surface area contributed by atoms with Gasteiger partial charge in [0.2, 0.25) is 0 Å². The van der Waals surface area contributed by atoms with Gasteiger partial charge in [0.05, 0.1) is 10.6 Å². The lowest BCUT2D eigenvalue weighted by atomic mass is 10.0. The highest BCUT2D eigenvalue weighted by molar-refractivity contribution is 6.31. The van der Waals surface area contributed by atoms with E-state index in [9.17, 15) is 18.0 Å². The molecule has 0 fully saturated rings. The van der Waals surface area contributed by atoms with Crippen molar-refractivity contribution in [1.29, 1.82) is 0 Å². The lowest BCUT2D eigenvalue weighted by Gasteiger charge is -2.10. The number of unbranched alkanes of at least 4 members (excludes halogenated alkanes) is 1. The molecule has 94 valence electrons. The van der Waals surface area contributed by atoms with Crippen LogP contribution in [0.1, 0.15) is 42.1 Å². The zero-order valence-corrected chi connectivity index (χ0v) is 10.0. The Labute approximate surface area is 103 Å². The standard InChI is InChI=1S/C12H12ClF3O/c1-2-3-4-11(17)8-5-6-10(13)9(7-8)12(14,15)16/h5-7H,2-4H2,1H3. The molecule has 17 heavy (non-hydrogen) atoms. The number of alkyl halides is 3. The van der Waals surface area contributed by atoms with Crippen LogP contribution in [0.2, 0.25) is 5.02 Å². The van der Waals surface area contributed by atoms with Gasteiger partial charge in [0.1, 0.15) is 0 Å². The number of ketones is 1. The van der Waals surface area contributed by atoms with Crippen LogP contribution >= 0.6 is 11.6 Å². The van der Waals surface area contributed by atoms with Crippen molar-refractivity contribution in [3.8, 4) is 0 Å². The topological polar surface area (TPSA) is 17.1 Å². The molecule has 0 unspecified atom stereocenters. The second-order valence-electron chi connectivity index (χ2n) is 3.72. The summed E-state index contributed by atoms with van der Waals surface area (Å²) < 4.78 is 37.6. The Kier molecular flexibility index (Phi) is 4.57. The van der Waals surface area contributed by atoms with E-state index in [2.05, 4.69) is 0 Å². The maximum atomic E-state index is 12.5. The third-order valence-electron chi connectivity index (χ3n) is 2.35. The van der Waals surface area contributed by atoms with Crippen LogP contribution in [0.15, 0.2) is 18.2 Å². The van der Waals surface area contributed by atoms with Gasteiger partial charge in [0, 0.05) is 12.0 Å². The van der Waals surface area contributed by atoms with E-state index in [0.29, 0.717) is 6.42 Å². The van der Waals surface area contributed by atoms with Gasteiger partial charge in [-0.05, 0) is 24.6 Å². The van der Waals surface area contributed by atoms with Crippen molar-refractivity contribution in [3.05, 3.63) is 34.3 Å². The van der Waals surface area contributed by atoms with Crippen LogP contribution in [-0.2, 0) is 6.18 Å². The average molecular weight is 265 g/mol. The number of halogens is 4. The van der Waals surface area contributed by atoms with E-state index >= 15 is 0 Å². The number of rotatable bonds is 4. The summed E-state index contributed by atoms with van der Waals surface area (Å²) in [5, 5.41) is -0.385. The van der Waals surface area contributed by atoms with E-state index in [4.69, 9.17) is 11.6 Å². The Hall–Kier alpha value is -1.03. The van der Waals surface area contributed by atoms with Crippen LogP contribution in [-0.4, -0.2) is 5.78 Å². The van der Waals surface area contributed by atoms with E-state index < -0.39 is 11.7 Å². The van der Waals surface area contributed by atoms with E-state index in [0.717, 1.165) is 18.6 Å². The molecule has 0 amide bonds. The number of hydrogen-bond acceptors (Lipinski definition) is 1. The van der Waals surface area contributed by atoms with E-state index in [1.165, 1.54) is 6.07 Å². The summed E-state index contributed by atoms with van der Waals surface area (Å²) in [5.41, 5.74) is -0.892. The fourth-order valence-corrected chi connectivity index (χ4v) is 1.62.